The number of carboxylic acid groups (broad SMARTS) is 4. The Kier molecular flexibility index (Phi) is 21.9. The highest BCUT2D eigenvalue weighted by atomic mass is 16.4. The summed E-state index contributed by atoms with van der Waals surface area (Å²) in [6, 6.07) is -1.09. The molecule has 0 aromatic carbocycles. The van der Waals surface area contributed by atoms with Crippen molar-refractivity contribution in [3.05, 3.63) is 0 Å². The number of nitrogens with one attached hydrogen (secondary N) is 3. The first-order valence-electron chi connectivity index (χ1n) is 8.75. The van der Waals surface area contributed by atoms with Crippen LogP contribution in [0.4, 0.5) is 0 Å². The van der Waals surface area contributed by atoms with Crippen molar-refractivity contribution in [2.24, 2.45) is 22.9 Å². The van der Waals surface area contributed by atoms with E-state index >= 15 is 0 Å². The second-order valence-corrected chi connectivity index (χ2v) is 5.61. The lowest BCUT2D eigenvalue weighted by Crippen LogP contribution is -2.34. The Labute approximate surface area is 173 Å². The van der Waals surface area contributed by atoms with E-state index in [0.29, 0.717) is 19.4 Å². The van der Waals surface area contributed by atoms with Crippen LogP contribution in [-0.4, -0.2) is 88.5 Å². The minimum absolute atomic E-state index is 0.112. The number of guanidine groups is 1. The summed E-state index contributed by atoms with van der Waals surface area (Å²) < 4.78 is 0. The molecule has 0 unspecified atom stereocenters. The molecule has 1 aliphatic heterocycles. The van der Waals surface area contributed by atoms with Gasteiger partial charge in [-0.25, -0.2) is 0 Å². The number of carbonyl (C=O) groups is 4. The molecule has 30 heavy (non-hydrogen) atoms. The molecule has 0 radical (unpaired) electrons. The molecule has 1 saturated heterocycles. The first kappa shape index (κ1) is 31.7. The Hall–Kier alpha value is -3.01. The predicted molar refractivity (Wildman–Crippen MR) is 107 cm³/mol. The second-order valence-electron chi connectivity index (χ2n) is 5.61. The summed E-state index contributed by atoms with van der Waals surface area (Å²) in [6.07, 6.45) is 2.76. The van der Waals surface area contributed by atoms with Gasteiger partial charge in [0.05, 0.1) is 13.1 Å². The maximum atomic E-state index is 10.2. The van der Waals surface area contributed by atoms with Crippen LogP contribution in [0.1, 0.15) is 25.7 Å². The van der Waals surface area contributed by atoms with Crippen LogP contribution in [-0.2, 0) is 19.2 Å². The third kappa shape index (κ3) is 27.2. The van der Waals surface area contributed by atoms with Crippen LogP contribution < -0.4 is 33.6 Å². The summed E-state index contributed by atoms with van der Waals surface area (Å²) in [5.41, 5.74) is 19.4. The van der Waals surface area contributed by atoms with Crippen molar-refractivity contribution in [3.8, 4) is 0 Å². The monoisotopic (exact) mass is 439 g/mol. The third-order valence-electron chi connectivity index (χ3n) is 3.03. The molecule has 0 bridgehead atoms. The van der Waals surface area contributed by atoms with Crippen LogP contribution >= 0.6 is 0 Å². The number of nitrogens with two attached hydrogens (primary N) is 4. The van der Waals surface area contributed by atoms with Crippen LogP contribution in [0.5, 0.6) is 0 Å². The predicted octanol–water partition coefficient (Wildman–Crippen LogP) is -3.46. The molecule has 1 heterocycles. The average Bonchev–Trinajstić information content (AvgIpc) is 3.21. The lowest BCUT2D eigenvalue weighted by molar-refractivity contribution is -0.139. The van der Waals surface area contributed by atoms with Gasteiger partial charge in [0, 0.05) is 6.54 Å². The lowest BCUT2D eigenvalue weighted by atomic mass is 10.2. The Balaban J connectivity index is -0.000000350. The van der Waals surface area contributed by atoms with Crippen molar-refractivity contribution >= 4 is 29.8 Å². The van der Waals surface area contributed by atoms with E-state index < -0.39 is 29.9 Å². The molecule has 2 atom stereocenters. The number of aliphatic carboxylic acids is 4. The normalized spacial score (nSPS) is 14.8. The van der Waals surface area contributed by atoms with Crippen molar-refractivity contribution in [2.75, 3.05) is 26.2 Å². The zero-order chi connectivity index (χ0) is 24.1. The van der Waals surface area contributed by atoms with Gasteiger partial charge in [-0.2, -0.15) is 0 Å². The summed E-state index contributed by atoms with van der Waals surface area (Å²) in [5, 5.41) is 44.1. The van der Waals surface area contributed by atoms with Crippen LogP contribution in [0.15, 0.2) is 0 Å². The second kappa shape index (κ2) is 20.7. The van der Waals surface area contributed by atoms with Gasteiger partial charge in [-0.1, -0.05) is 0 Å². The van der Waals surface area contributed by atoms with Gasteiger partial charge in [-0.05, 0) is 32.2 Å². The van der Waals surface area contributed by atoms with E-state index in [1.807, 2.05) is 0 Å². The van der Waals surface area contributed by atoms with E-state index in [9.17, 15) is 19.2 Å². The van der Waals surface area contributed by atoms with Crippen LogP contribution in [0.25, 0.3) is 0 Å². The molecule has 1 aliphatic rings. The molecular formula is C15H33N7O8. The van der Waals surface area contributed by atoms with Crippen molar-refractivity contribution in [1.82, 2.24) is 10.6 Å². The fourth-order valence-electron chi connectivity index (χ4n) is 1.56. The molecule has 0 amide bonds. The topological polar surface area (TPSA) is 301 Å². The summed E-state index contributed by atoms with van der Waals surface area (Å²) in [6.45, 7) is 0.785. The molecule has 15 N–H and O–H groups in total. The Morgan fingerprint density at radius 2 is 1.53 bits per heavy atom. The number of hydrogen-bond donors (Lipinski definition) is 11. The standard InChI is InChI=1S/C6H14N4O2.C5H9NO2.2C2H5NO2/c7-4(5(11)12)2-1-3-10-6(8)9;7-5(8)4-2-1-3-6-4;2*3-1-2(4)5/h4H,1-3,7H2,(H,11,12)(H4,8,9,10);4,6H,1-3H2,(H,7,8);2*1,3H2,(H,4,5)/t2*4-;;/m00../s1. The van der Waals surface area contributed by atoms with Gasteiger partial charge in [0.25, 0.3) is 0 Å². The number of hydrogen-bond acceptors (Lipinski definition) is 9. The average molecular weight is 439 g/mol. The van der Waals surface area contributed by atoms with Gasteiger partial charge in [-0.3, -0.25) is 24.6 Å². The van der Waals surface area contributed by atoms with E-state index in [1.54, 1.807) is 0 Å². The van der Waals surface area contributed by atoms with Crippen LogP contribution in [0.3, 0.4) is 0 Å². The molecule has 176 valence electrons. The van der Waals surface area contributed by atoms with Gasteiger partial charge in [0.2, 0.25) is 0 Å². The van der Waals surface area contributed by atoms with E-state index in [2.05, 4.69) is 22.1 Å². The van der Waals surface area contributed by atoms with Gasteiger partial charge in [-0.15, -0.1) is 0 Å². The summed E-state index contributed by atoms with van der Waals surface area (Å²) in [4.78, 5) is 38.8. The molecular weight excluding hydrogens is 406 g/mol. The van der Waals surface area contributed by atoms with Gasteiger partial charge >= 0.3 is 23.9 Å². The minimum Gasteiger partial charge on any atom is -0.480 e. The number of rotatable bonds is 8. The highest BCUT2D eigenvalue weighted by Gasteiger charge is 2.20. The van der Waals surface area contributed by atoms with E-state index in [1.165, 1.54) is 0 Å². The van der Waals surface area contributed by atoms with Gasteiger partial charge < -0.3 is 54.0 Å². The van der Waals surface area contributed by atoms with Crippen LogP contribution in [0, 0.1) is 5.41 Å². The Bertz CT molecular complexity index is 513. The van der Waals surface area contributed by atoms with Gasteiger partial charge in [0.1, 0.15) is 12.1 Å². The zero-order valence-corrected chi connectivity index (χ0v) is 16.5. The van der Waals surface area contributed by atoms with Crippen molar-refractivity contribution in [3.63, 3.8) is 0 Å². The van der Waals surface area contributed by atoms with E-state index in [-0.39, 0.29) is 25.1 Å². The summed E-state index contributed by atoms with van der Waals surface area (Å²) >= 11 is 0. The quantitative estimate of drug-likeness (QED) is 0.0995. The van der Waals surface area contributed by atoms with E-state index in [0.717, 1.165) is 19.4 Å². The number of carboxylic acids is 4. The molecule has 1 rings (SSSR count). The van der Waals surface area contributed by atoms with E-state index in [4.69, 9.17) is 37.3 Å². The molecule has 0 aromatic heterocycles. The molecule has 15 heteroatoms. The fraction of sp³-hybridized carbons (Fsp3) is 0.667. The third-order valence-corrected chi connectivity index (χ3v) is 3.03. The first-order valence-corrected chi connectivity index (χ1v) is 8.75. The minimum atomic E-state index is -1.00. The summed E-state index contributed by atoms with van der Waals surface area (Å²) in [7, 11) is 0. The highest BCUT2D eigenvalue weighted by molar-refractivity contribution is 5.74. The van der Waals surface area contributed by atoms with Crippen molar-refractivity contribution in [2.45, 2.75) is 37.8 Å². The molecule has 0 aliphatic carbocycles. The largest absolute Gasteiger partial charge is 0.480 e. The maximum absolute atomic E-state index is 10.2. The first-order chi connectivity index (χ1) is 13.9. The highest BCUT2D eigenvalue weighted by Crippen LogP contribution is 2.03. The Morgan fingerprint density at radius 1 is 1.07 bits per heavy atom. The van der Waals surface area contributed by atoms with Gasteiger partial charge in [0.15, 0.2) is 5.96 Å². The Morgan fingerprint density at radius 3 is 1.77 bits per heavy atom. The molecule has 0 aromatic rings. The zero-order valence-electron chi connectivity index (χ0n) is 16.5. The smallest absolute Gasteiger partial charge is 0.320 e. The SMILES string of the molecule is N=C(N)NCCC[C@H](N)C(=O)O.NCC(=O)O.NCC(=O)O.O=C(O)[C@@H]1CCCN1. The van der Waals surface area contributed by atoms with Crippen LogP contribution in [0.2, 0.25) is 0 Å². The van der Waals surface area contributed by atoms with Crippen molar-refractivity contribution in [1.29, 1.82) is 5.41 Å². The molecule has 15 nitrogen and oxygen atoms in total. The molecule has 1 fully saturated rings. The molecule has 0 spiro atoms. The molecule has 0 saturated carbocycles. The van der Waals surface area contributed by atoms with Crippen molar-refractivity contribution < 1.29 is 39.6 Å². The fourth-order valence-corrected chi connectivity index (χ4v) is 1.56. The maximum Gasteiger partial charge on any atom is 0.320 e. The lowest BCUT2D eigenvalue weighted by Gasteiger charge is -2.06. The summed E-state index contributed by atoms with van der Waals surface area (Å²) in [5.74, 6) is -3.77.